The summed E-state index contributed by atoms with van der Waals surface area (Å²) in [5, 5.41) is 5.39. The highest BCUT2D eigenvalue weighted by atomic mass is 16.7. The quantitative estimate of drug-likeness (QED) is 0.843. The zero-order valence-electron chi connectivity index (χ0n) is 14.9. The lowest BCUT2D eigenvalue weighted by Crippen LogP contribution is -2.36. The maximum Gasteiger partial charge on any atom is 0.244 e. The summed E-state index contributed by atoms with van der Waals surface area (Å²) in [7, 11) is 0. The minimum Gasteiger partial charge on any atom is -0.454 e. The Morgan fingerprint density at radius 3 is 2.26 bits per heavy atom. The number of hydrogen-bond donors (Lipinski definition) is 2. The van der Waals surface area contributed by atoms with Crippen molar-refractivity contribution in [1.29, 1.82) is 0 Å². The van der Waals surface area contributed by atoms with E-state index in [1.54, 1.807) is 42.5 Å². The first kappa shape index (κ1) is 18.2. The second-order valence-corrected chi connectivity index (χ2v) is 5.95. The van der Waals surface area contributed by atoms with Gasteiger partial charge >= 0.3 is 0 Å². The maximum atomic E-state index is 12.4. The van der Waals surface area contributed by atoms with Crippen LogP contribution < -0.4 is 25.0 Å². The molecule has 1 heterocycles. The highest BCUT2D eigenvalue weighted by Gasteiger charge is 2.18. The number of hydrogen-bond acceptors (Lipinski definition) is 5. The summed E-state index contributed by atoms with van der Waals surface area (Å²) in [4.78, 5) is 36.8. The first-order chi connectivity index (χ1) is 12.9. The van der Waals surface area contributed by atoms with Crippen molar-refractivity contribution in [2.24, 2.45) is 0 Å². The fraction of sp³-hybridized carbons (Fsp3) is 0.211. The standard InChI is InChI=1S/C19H19N3O5/c1-12(23)20-14-3-6-16(7-4-14)22(13(2)24)10-19(25)21-15-5-8-17-18(9-15)27-11-26-17/h3-9H,10-11H2,1-2H3,(H,20,23)(H,21,25). The number of amides is 3. The van der Waals surface area contributed by atoms with Crippen LogP contribution in [-0.4, -0.2) is 31.1 Å². The van der Waals surface area contributed by atoms with Crippen molar-refractivity contribution in [3.05, 3.63) is 42.5 Å². The molecule has 0 spiro atoms. The number of carbonyl (C=O) groups is 3. The molecule has 140 valence electrons. The molecule has 2 aromatic carbocycles. The number of ether oxygens (including phenoxy) is 2. The summed E-state index contributed by atoms with van der Waals surface area (Å²) in [5.41, 5.74) is 1.71. The molecule has 0 saturated heterocycles. The Morgan fingerprint density at radius 1 is 0.926 bits per heavy atom. The molecule has 0 aliphatic carbocycles. The van der Waals surface area contributed by atoms with E-state index in [4.69, 9.17) is 9.47 Å². The average Bonchev–Trinajstić information content (AvgIpc) is 3.07. The first-order valence-electron chi connectivity index (χ1n) is 8.27. The average molecular weight is 369 g/mol. The molecule has 27 heavy (non-hydrogen) atoms. The van der Waals surface area contributed by atoms with Crippen molar-refractivity contribution >= 4 is 34.8 Å². The molecular weight excluding hydrogens is 350 g/mol. The number of carbonyl (C=O) groups excluding carboxylic acids is 3. The molecule has 0 atom stereocenters. The van der Waals surface area contributed by atoms with Gasteiger partial charge in [-0.05, 0) is 36.4 Å². The van der Waals surface area contributed by atoms with Crippen molar-refractivity contribution in [2.45, 2.75) is 13.8 Å². The predicted octanol–water partition coefficient (Wildman–Crippen LogP) is 2.37. The van der Waals surface area contributed by atoms with Crippen LogP contribution in [0.3, 0.4) is 0 Å². The van der Waals surface area contributed by atoms with E-state index in [1.807, 2.05) is 0 Å². The van der Waals surface area contributed by atoms with Crippen molar-refractivity contribution in [3.8, 4) is 11.5 Å². The zero-order chi connectivity index (χ0) is 19.4. The second kappa shape index (κ2) is 7.77. The van der Waals surface area contributed by atoms with Gasteiger partial charge in [-0.15, -0.1) is 0 Å². The molecule has 0 aromatic heterocycles. The molecule has 2 aromatic rings. The molecule has 0 unspecified atom stereocenters. The maximum absolute atomic E-state index is 12.4. The van der Waals surface area contributed by atoms with Crippen LogP contribution in [0.1, 0.15) is 13.8 Å². The predicted molar refractivity (Wildman–Crippen MR) is 100.0 cm³/mol. The van der Waals surface area contributed by atoms with Gasteiger partial charge in [0.1, 0.15) is 6.54 Å². The van der Waals surface area contributed by atoms with Crippen LogP contribution in [0.15, 0.2) is 42.5 Å². The molecule has 3 amide bonds. The van der Waals surface area contributed by atoms with Gasteiger partial charge in [0.05, 0.1) is 0 Å². The van der Waals surface area contributed by atoms with Gasteiger partial charge in [-0.25, -0.2) is 0 Å². The van der Waals surface area contributed by atoms with Gasteiger partial charge in [0.15, 0.2) is 11.5 Å². The molecule has 8 heteroatoms. The van der Waals surface area contributed by atoms with E-state index >= 15 is 0 Å². The number of nitrogens with zero attached hydrogens (tertiary/aromatic N) is 1. The smallest absolute Gasteiger partial charge is 0.244 e. The molecular formula is C19H19N3O5. The normalized spacial score (nSPS) is 11.6. The number of benzene rings is 2. The Balaban J connectivity index is 1.67. The monoisotopic (exact) mass is 369 g/mol. The summed E-state index contributed by atoms with van der Waals surface area (Å²) in [6, 6.07) is 11.7. The molecule has 0 bridgehead atoms. The Bertz CT molecular complexity index is 879. The van der Waals surface area contributed by atoms with Gasteiger partial charge in [-0.3, -0.25) is 14.4 Å². The van der Waals surface area contributed by atoms with E-state index in [0.29, 0.717) is 28.6 Å². The minimum atomic E-state index is -0.352. The van der Waals surface area contributed by atoms with Crippen LogP contribution in [-0.2, 0) is 14.4 Å². The van der Waals surface area contributed by atoms with E-state index in [1.165, 1.54) is 18.7 Å². The van der Waals surface area contributed by atoms with Crippen LogP contribution >= 0.6 is 0 Å². The highest BCUT2D eigenvalue weighted by Crippen LogP contribution is 2.34. The largest absolute Gasteiger partial charge is 0.454 e. The summed E-state index contributed by atoms with van der Waals surface area (Å²) >= 11 is 0. The topological polar surface area (TPSA) is 97.0 Å². The zero-order valence-corrected chi connectivity index (χ0v) is 14.9. The third kappa shape index (κ3) is 4.55. The van der Waals surface area contributed by atoms with Crippen LogP contribution in [0.2, 0.25) is 0 Å². The van der Waals surface area contributed by atoms with Crippen LogP contribution in [0.4, 0.5) is 17.1 Å². The Labute approximate surface area is 156 Å². The van der Waals surface area contributed by atoms with Gasteiger partial charge in [0.2, 0.25) is 24.5 Å². The molecule has 0 radical (unpaired) electrons. The minimum absolute atomic E-state index is 0.150. The van der Waals surface area contributed by atoms with Crippen molar-refractivity contribution < 1.29 is 23.9 Å². The van der Waals surface area contributed by atoms with Crippen LogP contribution in [0, 0.1) is 0 Å². The Kier molecular flexibility index (Phi) is 5.25. The molecule has 1 aliphatic rings. The third-order valence-electron chi connectivity index (χ3n) is 3.84. The van der Waals surface area contributed by atoms with Gasteiger partial charge in [-0.1, -0.05) is 0 Å². The van der Waals surface area contributed by atoms with Crippen LogP contribution in [0.5, 0.6) is 11.5 Å². The summed E-state index contributed by atoms with van der Waals surface area (Å²) in [5.74, 6) is 0.370. The Hall–Kier alpha value is -3.55. The summed E-state index contributed by atoms with van der Waals surface area (Å²) < 4.78 is 10.5. The van der Waals surface area contributed by atoms with Gasteiger partial charge in [0.25, 0.3) is 0 Å². The fourth-order valence-corrected chi connectivity index (χ4v) is 2.63. The van der Waals surface area contributed by atoms with Gasteiger partial charge in [-0.2, -0.15) is 0 Å². The summed E-state index contributed by atoms with van der Waals surface area (Å²) in [6.07, 6.45) is 0. The molecule has 2 N–H and O–H groups in total. The molecule has 0 saturated carbocycles. The van der Waals surface area contributed by atoms with E-state index in [-0.39, 0.29) is 31.1 Å². The third-order valence-corrected chi connectivity index (χ3v) is 3.84. The van der Waals surface area contributed by atoms with E-state index < -0.39 is 0 Å². The lowest BCUT2D eigenvalue weighted by molar-refractivity contribution is -0.120. The number of nitrogens with one attached hydrogen (secondary N) is 2. The van der Waals surface area contributed by atoms with Gasteiger partial charge < -0.3 is 25.0 Å². The molecule has 0 fully saturated rings. The van der Waals surface area contributed by atoms with Gasteiger partial charge in [0, 0.05) is 37.0 Å². The highest BCUT2D eigenvalue weighted by molar-refractivity contribution is 6.02. The molecule has 3 rings (SSSR count). The van der Waals surface area contributed by atoms with Crippen molar-refractivity contribution in [3.63, 3.8) is 0 Å². The number of rotatable bonds is 5. The summed E-state index contributed by atoms with van der Waals surface area (Å²) in [6.45, 7) is 2.80. The van der Waals surface area contributed by atoms with Crippen molar-refractivity contribution in [1.82, 2.24) is 0 Å². The van der Waals surface area contributed by atoms with E-state index in [2.05, 4.69) is 10.6 Å². The second-order valence-electron chi connectivity index (χ2n) is 5.95. The number of fused-ring (bicyclic) bond motifs is 1. The fourth-order valence-electron chi connectivity index (χ4n) is 2.63. The first-order valence-corrected chi connectivity index (χ1v) is 8.27. The lowest BCUT2D eigenvalue weighted by Gasteiger charge is -2.21. The SMILES string of the molecule is CC(=O)Nc1ccc(N(CC(=O)Nc2ccc3c(c2)OCO3)C(C)=O)cc1. The van der Waals surface area contributed by atoms with Crippen molar-refractivity contribution in [2.75, 3.05) is 28.9 Å². The molecule has 8 nitrogen and oxygen atoms in total. The van der Waals surface area contributed by atoms with Crippen LogP contribution in [0.25, 0.3) is 0 Å². The number of anilines is 3. The van der Waals surface area contributed by atoms with E-state index in [0.717, 1.165) is 0 Å². The lowest BCUT2D eigenvalue weighted by atomic mass is 10.2. The molecule has 1 aliphatic heterocycles. The Morgan fingerprint density at radius 2 is 1.59 bits per heavy atom. The van der Waals surface area contributed by atoms with E-state index in [9.17, 15) is 14.4 Å².